The lowest BCUT2D eigenvalue weighted by Gasteiger charge is -2.19. The van der Waals surface area contributed by atoms with Gasteiger partial charge < -0.3 is 19.5 Å². The Kier molecular flexibility index (Phi) is 4.39. The quantitative estimate of drug-likeness (QED) is 0.787. The number of hydrogen-bond donors (Lipinski definition) is 1. The van der Waals surface area contributed by atoms with Crippen molar-refractivity contribution in [3.63, 3.8) is 0 Å². The van der Waals surface area contributed by atoms with E-state index in [1.807, 2.05) is 19.4 Å². The molecule has 5 nitrogen and oxygen atoms in total. The highest BCUT2D eigenvalue weighted by Crippen LogP contribution is 2.21. The van der Waals surface area contributed by atoms with Crippen molar-refractivity contribution < 1.29 is 4.74 Å². The fourth-order valence-electron chi connectivity index (χ4n) is 2.42. The number of imidazole rings is 1. The van der Waals surface area contributed by atoms with Crippen LogP contribution in [0.2, 0.25) is 0 Å². The van der Waals surface area contributed by atoms with E-state index < -0.39 is 0 Å². The number of rotatable bonds is 6. The van der Waals surface area contributed by atoms with Crippen LogP contribution in [0.15, 0.2) is 12.4 Å². The Morgan fingerprint density at radius 1 is 1.59 bits per heavy atom. The molecule has 0 radical (unpaired) electrons. The minimum Gasteiger partial charge on any atom is -0.383 e. The maximum Gasteiger partial charge on any atom is 0.205 e. The number of nitrogens with zero attached hydrogens (tertiary/aromatic N) is 3. The summed E-state index contributed by atoms with van der Waals surface area (Å²) in [5.74, 6) is 1.83. The van der Waals surface area contributed by atoms with Crippen molar-refractivity contribution in [1.82, 2.24) is 14.9 Å². The van der Waals surface area contributed by atoms with Gasteiger partial charge >= 0.3 is 0 Å². The average Bonchev–Trinajstić information content (AvgIpc) is 2.94. The number of hydrogen-bond acceptors (Lipinski definition) is 4. The lowest BCUT2D eigenvalue weighted by Crippen LogP contribution is -2.26. The molecular weight excluding hydrogens is 216 g/mol. The molecule has 1 aromatic rings. The zero-order valence-electron chi connectivity index (χ0n) is 10.7. The Labute approximate surface area is 103 Å². The molecule has 1 aliphatic heterocycles. The third-order valence-electron chi connectivity index (χ3n) is 3.29. The zero-order chi connectivity index (χ0) is 12.1. The van der Waals surface area contributed by atoms with Crippen molar-refractivity contribution in [3.8, 4) is 0 Å². The number of ether oxygens (including phenoxy) is 1. The molecule has 5 heteroatoms. The van der Waals surface area contributed by atoms with E-state index in [1.165, 1.54) is 6.42 Å². The molecule has 1 fully saturated rings. The van der Waals surface area contributed by atoms with Crippen LogP contribution in [0.25, 0.3) is 0 Å². The molecule has 17 heavy (non-hydrogen) atoms. The van der Waals surface area contributed by atoms with Gasteiger partial charge in [0.2, 0.25) is 5.95 Å². The fourth-order valence-corrected chi connectivity index (χ4v) is 2.42. The molecule has 1 atom stereocenters. The largest absolute Gasteiger partial charge is 0.383 e. The van der Waals surface area contributed by atoms with Gasteiger partial charge in [-0.2, -0.15) is 0 Å². The highest BCUT2D eigenvalue weighted by molar-refractivity contribution is 5.33. The van der Waals surface area contributed by atoms with Crippen molar-refractivity contribution in [2.24, 2.45) is 5.92 Å². The van der Waals surface area contributed by atoms with E-state index in [0.29, 0.717) is 0 Å². The summed E-state index contributed by atoms with van der Waals surface area (Å²) in [6, 6.07) is 0. The summed E-state index contributed by atoms with van der Waals surface area (Å²) in [6.45, 7) is 4.91. The smallest absolute Gasteiger partial charge is 0.205 e. The summed E-state index contributed by atoms with van der Waals surface area (Å²) >= 11 is 0. The number of aromatic nitrogens is 2. The van der Waals surface area contributed by atoms with Crippen molar-refractivity contribution in [2.75, 3.05) is 45.3 Å². The molecule has 1 N–H and O–H groups in total. The summed E-state index contributed by atoms with van der Waals surface area (Å²) < 4.78 is 7.29. The van der Waals surface area contributed by atoms with Gasteiger partial charge in [0.25, 0.3) is 0 Å². The Morgan fingerprint density at radius 3 is 3.24 bits per heavy atom. The predicted octanol–water partition coefficient (Wildman–Crippen LogP) is 0.575. The van der Waals surface area contributed by atoms with E-state index >= 15 is 0 Å². The van der Waals surface area contributed by atoms with Crippen LogP contribution in [0, 0.1) is 5.92 Å². The van der Waals surface area contributed by atoms with Gasteiger partial charge in [0.1, 0.15) is 0 Å². The van der Waals surface area contributed by atoms with E-state index in [2.05, 4.69) is 19.8 Å². The van der Waals surface area contributed by atoms with Gasteiger partial charge in [0.05, 0.1) is 6.61 Å². The van der Waals surface area contributed by atoms with E-state index in [-0.39, 0.29) is 0 Å². The summed E-state index contributed by atoms with van der Waals surface area (Å²) in [6.07, 6.45) is 5.15. The molecule has 1 unspecified atom stereocenters. The molecule has 0 amide bonds. The second kappa shape index (κ2) is 6.02. The maximum absolute atomic E-state index is 5.12. The van der Waals surface area contributed by atoms with E-state index in [0.717, 1.165) is 44.7 Å². The van der Waals surface area contributed by atoms with Gasteiger partial charge in [-0.25, -0.2) is 4.98 Å². The van der Waals surface area contributed by atoms with Crippen LogP contribution >= 0.6 is 0 Å². The SMILES string of the molecule is CNCC1CCN(c2nccn2CCOC)C1. The van der Waals surface area contributed by atoms with E-state index in [4.69, 9.17) is 4.74 Å². The van der Waals surface area contributed by atoms with Crippen LogP contribution in [0.1, 0.15) is 6.42 Å². The molecule has 1 saturated heterocycles. The summed E-state index contributed by atoms with van der Waals surface area (Å²) in [7, 11) is 3.75. The highest BCUT2D eigenvalue weighted by Gasteiger charge is 2.24. The van der Waals surface area contributed by atoms with Gasteiger partial charge in [-0.05, 0) is 25.9 Å². The maximum atomic E-state index is 5.12. The molecule has 2 rings (SSSR count). The minimum absolute atomic E-state index is 0.733. The standard InChI is InChI=1S/C12H22N4O/c1-13-9-11-3-5-16(10-11)12-14-4-6-15(12)7-8-17-2/h4,6,11,13H,3,5,7-10H2,1-2H3. The van der Waals surface area contributed by atoms with Crippen LogP contribution in [0.3, 0.4) is 0 Å². The first-order chi connectivity index (χ1) is 8.35. The van der Waals surface area contributed by atoms with Gasteiger partial charge in [-0.3, -0.25) is 0 Å². The van der Waals surface area contributed by atoms with Gasteiger partial charge in [-0.1, -0.05) is 0 Å². The first-order valence-electron chi connectivity index (χ1n) is 6.24. The molecule has 96 valence electrons. The predicted molar refractivity (Wildman–Crippen MR) is 68.3 cm³/mol. The molecule has 0 aliphatic carbocycles. The number of nitrogens with one attached hydrogen (secondary N) is 1. The fraction of sp³-hybridized carbons (Fsp3) is 0.750. The van der Waals surface area contributed by atoms with Gasteiger partial charge in [0.15, 0.2) is 0 Å². The summed E-state index contributed by atoms with van der Waals surface area (Å²) in [5, 5.41) is 3.25. The van der Waals surface area contributed by atoms with Crippen LogP contribution in [0.5, 0.6) is 0 Å². The second-order valence-corrected chi connectivity index (χ2v) is 4.57. The lowest BCUT2D eigenvalue weighted by atomic mass is 10.1. The molecule has 0 spiro atoms. The van der Waals surface area contributed by atoms with E-state index in [9.17, 15) is 0 Å². The first-order valence-corrected chi connectivity index (χ1v) is 6.24. The third kappa shape index (κ3) is 2.98. The Hall–Kier alpha value is -1.07. The van der Waals surface area contributed by atoms with Crippen molar-refractivity contribution >= 4 is 5.95 Å². The molecule has 2 heterocycles. The molecule has 0 bridgehead atoms. The third-order valence-corrected chi connectivity index (χ3v) is 3.29. The minimum atomic E-state index is 0.733. The normalized spacial score (nSPS) is 20.1. The van der Waals surface area contributed by atoms with Crippen molar-refractivity contribution in [3.05, 3.63) is 12.4 Å². The van der Waals surface area contributed by atoms with Crippen LogP contribution < -0.4 is 10.2 Å². The monoisotopic (exact) mass is 238 g/mol. The molecule has 0 saturated carbocycles. The molecule has 1 aliphatic rings. The first kappa shape index (κ1) is 12.4. The lowest BCUT2D eigenvalue weighted by molar-refractivity contribution is 0.187. The van der Waals surface area contributed by atoms with Crippen LogP contribution in [-0.4, -0.2) is 49.9 Å². The Bertz CT molecular complexity index is 339. The topological polar surface area (TPSA) is 42.3 Å². The average molecular weight is 238 g/mol. The van der Waals surface area contributed by atoms with E-state index in [1.54, 1.807) is 7.11 Å². The Balaban J connectivity index is 1.96. The molecular formula is C12H22N4O. The van der Waals surface area contributed by atoms with Crippen LogP contribution in [0.4, 0.5) is 5.95 Å². The van der Waals surface area contributed by atoms with Gasteiger partial charge in [0, 0.05) is 39.1 Å². The van der Waals surface area contributed by atoms with Gasteiger partial charge in [-0.15, -0.1) is 0 Å². The summed E-state index contributed by atoms with van der Waals surface area (Å²) in [4.78, 5) is 6.83. The molecule has 1 aromatic heterocycles. The number of anilines is 1. The second-order valence-electron chi connectivity index (χ2n) is 4.57. The zero-order valence-corrected chi connectivity index (χ0v) is 10.7. The van der Waals surface area contributed by atoms with Crippen LogP contribution in [-0.2, 0) is 11.3 Å². The number of methoxy groups -OCH3 is 1. The van der Waals surface area contributed by atoms with Crippen molar-refractivity contribution in [2.45, 2.75) is 13.0 Å². The molecule has 0 aromatic carbocycles. The summed E-state index contributed by atoms with van der Waals surface area (Å²) in [5.41, 5.74) is 0. The highest BCUT2D eigenvalue weighted by atomic mass is 16.5. The van der Waals surface area contributed by atoms with Crippen molar-refractivity contribution in [1.29, 1.82) is 0 Å². The Morgan fingerprint density at radius 2 is 2.47 bits per heavy atom.